The van der Waals surface area contributed by atoms with E-state index in [-0.39, 0.29) is 5.92 Å². The van der Waals surface area contributed by atoms with Crippen LogP contribution in [0.3, 0.4) is 0 Å². The molecule has 1 fully saturated rings. The molecule has 0 aromatic rings. The van der Waals surface area contributed by atoms with Crippen LogP contribution in [0.15, 0.2) is 0 Å². The molecule has 5 heteroatoms. The number of nitrogens with zero attached hydrogens (tertiary/aromatic N) is 1. The Morgan fingerprint density at radius 2 is 1.94 bits per heavy atom. The zero-order chi connectivity index (χ0) is 12.9. The summed E-state index contributed by atoms with van der Waals surface area (Å²) in [4.78, 5) is 2.05. The van der Waals surface area contributed by atoms with Crippen LogP contribution >= 0.6 is 0 Å². The minimum absolute atomic E-state index is 0.258. The predicted molar refractivity (Wildman–Crippen MR) is 64.9 cm³/mol. The maximum Gasteiger partial charge on any atom is 0.0922 e. The molecule has 0 aromatic carbocycles. The first-order valence-electron chi connectivity index (χ1n) is 6.17. The average Bonchev–Trinajstić information content (AvgIpc) is 2.21. The molecule has 1 atom stereocenters. The average molecular weight is 247 g/mol. The van der Waals surface area contributed by atoms with Crippen LogP contribution in [-0.4, -0.2) is 73.4 Å². The van der Waals surface area contributed by atoms with E-state index in [0.29, 0.717) is 39.5 Å². The van der Waals surface area contributed by atoms with E-state index in [1.54, 1.807) is 7.11 Å². The third-order valence-electron chi connectivity index (χ3n) is 3.28. The van der Waals surface area contributed by atoms with Crippen LogP contribution in [0.5, 0.6) is 0 Å². The molecule has 1 unspecified atom stereocenters. The van der Waals surface area contributed by atoms with Crippen molar-refractivity contribution in [2.24, 2.45) is 5.92 Å². The molecule has 1 saturated heterocycles. The van der Waals surface area contributed by atoms with Crippen molar-refractivity contribution in [3.8, 4) is 0 Å². The summed E-state index contributed by atoms with van der Waals surface area (Å²) in [6.45, 7) is 7.23. The van der Waals surface area contributed by atoms with E-state index in [1.165, 1.54) is 0 Å². The minimum atomic E-state index is -0.573. The van der Waals surface area contributed by atoms with Gasteiger partial charge < -0.3 is 19.7 Å². The highest BCUT2D eigenvalue weighted by Gasteiger charge is 2.43. The van der Waals surface area contributed by atoms with E-state index >= 15 is 0 Å². The Morgan fingerprint density at radius 1 is 1.29 bits per heavy atom. The van der Waals surface area contributed by atoms with Gasteiger partial charge in [-0.25, -0.2) is 0 Å². The molecule has 1 rings (SSSR count). The Kier molecular flexibility index (Phi) is 5.82. The maximum absolute atomic E-state index is 10.0. The van der Waals surface area contributed by atoms with Gasteiger partial charge in [-0.3, -0.25) is 4.90 Å². The first-order valence-corrected chi connectivity index (χ1v) is 6.17. The molecule has 17 heavy (non-hydrogen) atoms. The number of hydrogen-bond acceptors (Lipinski definition) is 5. The summed E-state index contributed by atoms with van der Waals surface area (Å²) >= 11 is 0. The summed E-state index contributed by atoms with van der Waals surface area (Å²) < 4.78 is 10.1. The Bertz CT molecular complexity index is 217. The molecule has 1 aliphatic rings. The Balaban J connectivity index is 2.07. The third-order valence-corrected chi connectivity index (χ3v) is 3.28. The lowest BCUT2D eigenvalue weighted by Crippen LogP contribution is -2.65. The Hall–Kier alpha value is -0.200. The van der Waals surface area contributed by atoms with Crippen LogP contribution in [-0.2, 0) is 9.47 Å². The molecule has 1 heterocycles. The number of aliphatic hydroxyl groups is 2. The van der Waals surface area contributed by atoms with Gasteiger partial charge in [0, 0.05) is 26.7 Å². The van der Waals surface area contributed by atoms with Crippen LogP contribution in [0, 0.1) is 5.92 Å². The van der Waals surface area contributed by atoms with Gasteiger partial charge in [0.05, 0.1) is 31.5 Å². The number of ether oxygens (including phenoxy) is 2. The van der Waals surface area contributed by atoms with Gasteiger partial charge in [-0.2, -0.15) is 0 Å². The van der Waals surface area contributed by atoms with Crippen molar-refractivity contribution >= 4 is 0 Å². The fourth-order valence-corrected chi connectivity index (χ4v) is 1.93. The summed E-state index contributed by atoms with van der Waals surface area (Å²) in [6, 6.07) is 0. The molecule has 0 radical (unpaired) electrons. The van der Waals surface area contributed by atoms with Gasteiger partial charge in [0.1, 0.15) is 0 Å². The Labute approximate surface area is 103 Å². The van der Waals surface area contributed by atoms with Crippen molar-refractivity contribution < 1.29 is 19.7 Å². The van der Waals surface area contributed by atoms with Crippen LogP contribution in [0.4, 0.5) is 0 Å². The number of aliphatic hydroxyl groups excluding tert-OH is 1. The predicted octanol–water partition coefficient (Wildman–Crippen LogP) is -0.287. The SMILES string of the molecule is COCCOCC(O)CN1CC(O)(C(C)C)C1. The number of likely N-dealkylation sites (tertiary alicyclic amines) is 1. The van der Waals surface area contributed by atoms with Gasteiger partial charge in [0.25, 0.3) is 0 Å². The molecule has 5 nitrogen and oxygen atoms in total. The molecule has 2 N–H and O–H groups in total. The quantitative estimate of drug-likeness (QED) is 0.577. The number of methoxy groups -OCH3 is 1. The molecule has 0 saturated carbocycles. The zero-order valence-corrected chi connectivity index (χ0v) is 11.1. The van der Waals surface area contributed by atoms with Crippen molar-refractivity contribution in [3.05, 3.63) is 0 Å². The summed E-state index contributed by atoms with van der Waals surface area (Å²) in [5, 5.41) is 19.7. The van der Waals surface area contributed by atoms with Gasteiger partial charge in [0.2, 0.25) is 0 Å². The highest BCUT2D eigenvalue weighted by Crippen LogP contribution is 2.28. The normalized spacial score (nSPS) is 21.5. The molecule has 0 amide bonds. The summed E-state index contributed by atoms with van der Waals surface area (Å²) in [5.74, 6) is 0.258. The molecular weight excluding hydrogens is 222 g/mol. The van der Waals surface area contributed by atoms with Gasteiger partial charge >= 0.3 is 0 Å². The van der Waals surface area contributed by atoms with E-state index < -0.39 is 11.7 Å². The van der Waals surface area contributed by atoms with E-state index in [2.05, 4.69) is 0 Å². The molecule has 0 spiro atoms. The maximum atomic E-state index is 10.0. The lowest BCUT2D eigenvalue weighted by Gasteiger charge is -2.49. The van der Waals surface area contributed by atoms with Crippen molar-refractivity contribution in [3.63, 3.8) is 0 Å². The van der Waals surface area contributed by atoms with E-state index in [1.807, 2.05) is 18.7 Å². The van der Waals surface area contributed by atoms with Gasteiger partial charge in [-0.05, 0) is 5.92 Å². The second-order valence-corrected chi connectivity index (χ2v) is 5.15. The second-order valence-electron chi connectivity index (χ2n) is 5.15. The Morgan fingerprint density at radius 3 is 2.47 bits per heavy atom. The van der Waals surface area contributed by atoms with Gasteiger partial charge in [0.15, 0.2) is 0 Å². The monoisotopic (exact) mass is 247 g/mol. The highest BCUT2D eigenvalue weighted by molar-refractivity contribution is 4.98. The minimum Gasteiger partial charge on any atom is -0.389 e. The van der Waals surface area contributed by atoms with E-state index in [0.717, 1.165) is 0 Å². The van der Waals surface area contributed by atoms with Crippen molar-refractivity contribution in [2.75, 3.05) is 46.6 Å². The fraction of sp³-hybridized carbons (Fsp3) is 1.00. The molecule has 1 aliphatic heterocycles. The topological polar surface area (TPSA) is 62.2 Å². The molecule has 0 bridgehead atoms. The summed E-state index contributed by atoms with van der Waals surface area (Å²) in [7, 11) is 1.62. The summed E-state index contributed by atoms with van der Waals surface area (Å²) in [5.41, 5.74) is -0.573. The first-order chi connectivity index (χ1) is 7.98. The first kappa shape index (κ1) is 14.9. The highest BCUT2D eigenvalue weighted by atomic mass is 16.5. The second kappa shape index (κ2) is 6.66. The van der Waals surface area contributed by atoms with Crippen LogP contribution < -0.4 is 0 Å². The number of hydrogen-bond donors (Lipinski definition) is 2. The number of β-amino-alcohol motifs (C(OH)–C–C–N with tert-alkyl or cyclic N) is 2. The largest absolute Gasteiger partial charge is 0.389 e. The third kappa shape index (κ3) is 4.52. The van der Waals surface area contributed by atoms with Crippen molar-refractivity contribution in [1.29, 1.82) is 0 Å². The smallest absolute Gasteiger partial charge is 0.0922 e. The molecule has 102 valence electrons. The summed E-state index contributed by atoms with van der Waals surface area (Å²) in [6.07, 6.45) is -0.497. The fourth-order valence-electron chi connectivity index (χ4n) is 1.93. The lowest BCUT2D eigenvalue weighted by molar-refractivity contribution is -0.139. The number of rotatable bonds is 8. The van der Waals surface area contributed by atoms with Crippen LogP contribution in [0.25, 0.3) is 0 Å². The molecule has 0 aromatic heterocycles. The van der Waals surface area contributed by atoms with E-state index in [9.17, 15) is 10.2 Å². The zero-order valence-electron chi connectivity index (χ0n) is 11.1. The molecule has 0 aliphatic carbocycles. The van der Waals surface area contributed by atoms with Crippen LogP contribution in [0.2, 0.25) is 0 Å². The van der Waals surface area contributed by atoms with Gasteiger partial charge in [-0.1, -0.05) is 13.8 Å². The van der Waals surface area contributed by atoms with Crippen LogP contribution in [0.1, 0.15) is 13.8 Å². The molecular formula is C12H25NO4. The van der Waals surface area contributed by atoms with Crippen molar-refractivity contribution in [1.82, 2.24) is 4.90 Å². The standard InChI is InChI=1S/C12H25NO4/c1-10(2)12(15)8-13(9-12)6-11(14)7-17-5-4-16-3/h10-11,14-15H,4-9H2,1-3H3. The van der Waals surface area contributed by atoms with Crippen molar-refractivity contribution in [2.45, 2.75) is 25.6 Å². The van der Waals surface area contributed by atoms with E-state index in [4.69, 9.17) is 9.47 Å². The van der Waals surface area contributed by atoms with Gasteiger partial charge in [-0.15, -0.1) is 0 Å². The lowest BCUT2D eigenvalue weighted by atomic mass is 9.83.